The predicted molar refractivity (Wildman–Crippen MR) is 55.4 cm³/mol. The average Bonchev–Trinajstić information content (AvgIpc) is 2.14. The van der Waals surface area contributed by atoms with E-state index in [0.717, 1.165) is 0 Å². The van der Waals surface area contributed by atoms with E-state index in [1.165, 1.54) is 12.3 Å². The van der Waals surface area contributed by atoms with Crippen LogP contribution in [0.3, 0.4) is 0 Å². The second-order valence-electron chi connectivity index (χ2n) is 2.34. The number of rotatable bonds is 3. The summed E-state index contributed by atoms with van der Waals surface area (Å²) >= 11 is 9.65. The topological polar surface area (TPSA) is 42.0 Å². The molecule has 13 heavy (non-hydrogen) atoms. The summed E-state index contributed by atoms with van der Waals surface area (Å²) in [4.78, 5) is 15.2. The van der Waals surface area contributed by atoms with Gasteiger partial charge in [0.25, 0.3) is 5.91 Å². The molecule has 0 atom stereocenters. The first-order valence-corrected chi connectivity index (χ1v) is 4.75. The molecule has 0 bridgehead atoms. The van der Waals surface area contributed by atoms with Crippen LogP contribution in [-0.4, -0.2) is 23.2 Å². The van der Waals surface area contributed by atoms with Crippen molar-refractivity contribution < 1.29 is 4.79 Å². The molecule has 0 unspecified atom stereocenters. The zero-order valence-corrected chi connectivity index (χ0v) is 8.48. The molecule has 0 aliphatic rings. The Morgan fingerprint density at radius 3 is 3.08 bits per heavy atom. The molecule has 0 aliphatic carbocycles. The number of thiol groups is 1. The Bertz CT molecular complexity index is 306. The maximum Gasteiger partial charge on any atom is 0.269 e. The van der Waals surface area contributed by atoms with Gasteiger partial charge < -0.3 is 5.32 Å². The molecule has 1 aromatic rings. The second kappa shape index (κ2) is 5.09. The van der Waals surface area contributed by atoms with Crippen LogP contribution in [0.2, 0.25) is 5.02 Å². The number of pyridine rings is 1. The van der Waals surface area contributed by atoms with Gasteiger partial charge in [-0.3, -0.25) is 9.78 Å². The van der Waals surface area contributed by atoms with Crippen LogP contribution in [0.25, 0.3) is 0 Å². The van der Waals surface area contributed by atoms with Crippen LogP contribution in [0, 0.1) is 0 Å². The Hall–Kier alpha value is -0.740. The highest BCUT2D eigenvalue weighted by Crippen LogP contribution is 2.07. The highest BCUT2D eigenvalue weighted by atomic mass is 35.5. The second-order valence-corrected chi connectivity index (χ2v) is 3.22. The number of hydrogen-bond acceptors (Lipinski definition) is 3. The summed E-state index contributed by atoms with van der Waals surface area (Å²) in [6.07, 6.45) is 1.50. The normalized spacial score (nSPS) is 9.69. The molecule has 1 heterocycles. The van der Waals surface area contributed by atoms with Crippen LogP contribution in [0.15, 0.2) is 18.3 Å². The molecule has 0 aromatic carbocycles. The number of halogens is 1. The maximum atomic E-state index is 11.3. The Kier molecular flexibility index (Phi) is 4.05. The van der Waals surface area contributed by atoms with Crippen molar-refractivity contribution in [1.82, 2.24) is 10.3 Å². The molecule has 0 fully saturated rings. The third-order valence-corrected chi connectivity index (χ3v) is 1.81. The van der Waals surface area contributed by atoms with Gasteiger partial charge in [-0.05, 0) is 12.1 Å². The van der Waals surface area contributed by atoms with Gasteiger partial charge in [0, 0.05) is 23.5 Å². The Morgan fingerprint density at radius 1 is 1.69 bits per heavy atom. The van der Waals surface area contributed by atoms with Crippen molar-refractivity contribution in [3.63, 3.8) is 0 Å². The summed E-state index contributed by atoms with van der Waals surface area (Å²) < 4.78 is 0. The zero-order chi connectivity index (χ0) is 9.68. The van der Waals surface area contributed by atoms with Crippen molar-refractivity contribution in [2.24, 2.45) is 0 Å². The van der Waals surface area contributed by atoms with E-state index in [1.54, 1.807) is 6.07 Å². The van der Waals surface area contributed by atoms with Crippen LogP contribution in [0.4, 0.5) is 0 Å². The first kappa shape index (κ1) is 10.3. The molecule has 1 rings (SSSR count). The molecule has 3 nitrogen and oxygen atoms in total. The first-order valence-electron chi connectivity index (χ1n) is 3.74. The summed E-state index contributed by atoms with van der Waals surface area (Å²) in [5, 5.41) is 3.14. The number of hydrogen-bond donors (Lipinski definition) is 2. The monoisotopic (exact) mass is 216 g/mol. The fourth-order valence-electron chi connectivity index (χ4n) is 0.789. The van der Waals surface area contributed by atoms with Gasteiger partial charge in [0.15, 0.2) is 0 Å². The van der Waals surface area contributed by atoms with Crippen LogP contribution < -0.4 is 5.32 Å². The Morgan fingerprint density at radius 2 is 2.46 bits per heavy atom. The summed E-state index contributed by atoms with van der Waals surface area (Å²) in [5.41, 5.74) is 0.328. The van der Waals surface area contributed by atoms with Gasteiger partial charge >= 0.3 is 0 Å². The van der Waals surface area contributed by atoms with Gasteiger partial charge in [-0.25, -0.2) is 0 Å². The molecule has 70 valence electrons. The molecule has 1 aromatic heterocycles. The number of nitrogens with zero attached hydrogens (tertiary/aromatic N) is 1. The lowest BCUT2D eigenvalue weighted by molar-refractivity contribution is 0.0951. The smallest absolute Gasteiger partial charge is 0.269 e. The molecule has 5 heteroatoms. The lowest BCUT2D eigenvalue weighted by atomic mass is 10.3. The van der Waals surface area contributed by atoms with Crippen molar-refractivity contribution >= 4 is 30.1 Å². The van der Waals surface area contributed by atoms with E-state index in [4.69, 9.17) is 11.6 Å². The minimum absolute atomic E-state index is 0.225. The number of amides is 1. The van der Waals surface area contributed by atoms with E-state index in [2.05, 4.69) is 22.9 Å². The minimum atomic E-state index is -0.225. The molecule has 0 aliphatic heterocycles. The molecular formula is C8H9ClN2OS. The lowest BCUT2D eigenvalue weighted by Crippen LogP contribution is -2.26. The van der Waals surface area contributed by atoms with E-state index < -0.39 is 0 Å². The van der Waals surface area contributed by atoms with Gasteiger partial charge in [-0.1, -0.05) is 11.6 Å². The van der Waals surface area contributed by atoms with E-state index in [0.29, 0.717) is 23.0 Å². The summed E-state index contributed by atoms with van der Waals surface area (Å²) in [6.45, 7) is 0.524. The Labute approximate surface area is 86.9 Å². The minimum Gasteiger partial charge on any atom is -0.350 e. The van der Waals surface area contributed by atoms with Gasteiger partial charge in [-0.2, -0.15) is 12.6 Å². The van der Waals surface area contributed by atoms with E-state index >= 15 is 0 Å². The third kappa shape index (κ3) is 3.24. The first-order chi connectivity index (χ1) is 6.24. The maximum absolute atomic E-state index is 11.3. The predicted octanol–water partition coefficient (Wildman–Crippen LogP) is 1.39. The molecule has 0 saturated carbocycles. The van der Waals surface area contributed by atoms with Crippen molar-refractivity contribution in [3.05, 3.63) is 29.0 Å². The van der Waals surface area contributed by atoms with E-state index in [9.17, 15) is 4.79 Å². The number of aromatic nitrogens is 1. The number of nitrogens with one attached hydrogen (secondary N) is 1. The lowest BCUT2D eigenvalue weighted by Gasteiger charge is -2.01. The van der Waals surface area contributed by atoms with E-state index in [1.807, 2.05) is 0 Å². The molecule has 1 amide bonds. The molecule has 0 saturated heterocycles. The van der Waals surface area contributed by atoms with Crippen molar-refractivity contribution in [2.45, 2.75) is 0 Å². The van der Waals surface area contributed by atoms with Gasteiger partial charge in [0.1, 0.15) is 5.69 Å². The Balaban J connectivity index is 2.66. The SMILES string of the molecule is O=C(NCCS)c1cc(Cl)ccn1. The largest absolute Gasteiger partial charge is 0.350 e. The summed E-state index contributed by atoms with van der Waals surface area (Å²) in [6, 6.07) is 3.15. The molecule has 1 N–H and O–H groups in total. The summed E-state index contributed by atoms with van der Waals surface area (Å²) in [5.74, 6) is 0.378. The van der Waals surface area contributed by atoms with Gasteiger partial charge in [0.05, 0.1) is 0 Å². The van der Waals surface area contributed by atoms with Crippen molar-refractivity contribution in [2.75, 3.05) is 12.3 Å². The van der Waals surface area contributed by atoms with Crippen LogP contribution in [-0.2, 0) is 0 Å². The fraction of sp³-hybridized carbons (Fsp3) is 0.250. The highest BCUT2D eigenvalue weighted by molar-refractivity contribution is 7.80. The van der Waals surface area contributed by atoms with Gasteiger partial charge in [0.2, 0.25) is 0 Å². The number of carbonyl (C=O) groups is 1. The van der Waals surface area contributed by atoms with E-state index in [-0.39, 0.29) is 5.91 Å². The third-order valence-electron chi connectivity index (χ3n) is 1.35. The molecule has 0 radical (unpaired) electrons. The molecular weight excluding hydrogens is 208 g/mol. The van der Waals surface area contributed by atoms with Gasteiger partial charge in [-0.15, -0.1) is 0 Å². The number of carbonyl (C=O) groups excluding carboxylic acids is 1. The highest BCUT2D eigenvalue weighted by Gasteiger charge is 2.05. The van der Waals surface area contributed by atoms with Crippen LogP contribution in [0.1, 0.15) is 10.5 Å². The quantitative estimate of drug-likeness (QED) is 0.750. The van der Waals surface area contributed by atoms with Crippen molar-refractivity contribution in [1.29, 1.82) is 0 Å². The van der Waals surface area contributed by atoms with Crippen LogP contribution in [0.5, 0.6) is 0 Å². The van der Waals surface area contributed by atoms with Crippen LogP contribution >= 0.6 is 24.2 Å². The standard InChI is InChI=1S/C8H9ClN2OS/c9-6-1-2-10-7(5-6)8(12)11-3-4-13/h1-2,5,13H,3-4H2,(H,11,12). The van der Waals surface area contributed by atoms with Crippen molar-refractivity contribution in [3.8, 4) is 0 Å². The fourth-order valence-corrected chi connectivity index (χ4v) is 1.06. The molecule has 0 spiro atoms. The average molecular weight is 217 g/mol. The summed E-state index contributed by atoms with van der Waals surface area (Å²) in [7, 11) is 0. The zero-order valence-electron chi connectivity index (χ0n) is 6.83.